The monoisotopic (exact) mass is 365 g/mol. The summed E-state index contributed by atoms with van der Waals surface area (Å²) >= 11 is 0. The molecule has 27 heavy (non-hydrogen) atoms. The molecule has 3 aromatic rings. The number of rotatable bonds is 7. The zero-order valence-corrected chi connectivity index (χ0v) is 16.1. The van der Waals surface area contributed by atoms with E-state index in [0.29, 0.717) is 0 Å². The molecule has 6 heteroatoms. The topological polar surface area (TPSA) is 69.8 Å². The normalized spacial score (nSPS) is 14.3. The zero-order chi connectivity index (χ0) is 18.6. The minimum atomic E-state index is 0.860. The predicted molar refractivity (Wildman–Crippen MR) is 106 cm³/mol. The molecule has 1 aromatic carbocycles. The maximum absolute atomic E-state index is 5.23. The van der Waals surface area contributed by atoms with Gasteiger partial charge in [0.25, 0.3) is 0 Å². The lowest BCUT2D eigenvalue weighted by molar-refractivity contribution is 0.239. The van der Waals surface area contributed by atoms with Gasteiger partial charge in [0.15, 0.2) is 0 Å². The van der Waals surface area contributed by atoms with Crippen molar-refractivity contribution in [1.82, 2.24) is 24.8 Å². The number of aryl methyl sites for hydroxylation is 1. The largest absolute Gasteiger partial charge is 0.497 e. The van der Waals surface area contributed by atoms with Crippen molar-refractivity contribution in [2.75, 3.05) is 13.7 Å². The van der Waals surface area contributed by atoms with E-state index in [1.807, 2.05) is 30.5 Å². The predicted octanol–water partition coefficient (Wildman–Crippen LogP) is 3.71. The van der Waals surface area contributed by atoms with Crippen molar-refractivity contribution < 1.29 is 4.74 Å². The number of fused-ring (bicyclic) bond motifs is 1. The molecule has 4 rings (SSSR count). The van der Waals surface area contributed by atoms with Crippen LogP contribution in [0.25, 0.3) is 11.4 Å². The van der Waals surface area contributed by atoms with Crippen LogP contribution in [0.5, 0.6) is 5.75 Å². The summed E-state index contributed by atoms with van der Waals surface area (Å²) in [6, 6.07) is 8.03. The summed E-state index contributed by atoms with van der Waals surface area (Å²) < 4.78 is 5.23. The van der Waals surface area contributed by atoms with Crippen LogP contribution in [0.2, 0.25) is 0 Å². The number of aromatic nitrogens is 4. The van der Waals surface area contributed by atoms with E-state index in [1.165, 1.54) is 29.9 Å². The van der Waals surface area contributed by atoms with Crippen molar-refractivity contribution >= 4 is 0 Å². The molecule has 0 spiro atoms. The number of unbranched alkanes of at least 4 members (excludes halogenated alkanes) is 1. The summed E-state index contributed by atoms with van der Waals surface area (Å²) in [5.74, 6) is 2.90. The average molecular weight is 365 g/mol. The van der Waals surface area contributed by atoms with E-state index in [1.54, 1.807) is 7.11 Å². The number of ether oxygens (including phenoxy) is 1. The Kier molecular flexibility index (Phi) is 5.25. The van der Waals surface area contributed by atoms with Gasteiger partial charge in [-0.2, -0.15) is 0 Å². The van der Waals surface area contributed by atoms with Gasteiger partial charge in [-0.1, -0.05) is 13.3 Å². The molecule has 6 nitrogen and oxygen atoms in total. The first-order chi connectivity index (χ1) is 13.2. The maximum atomic E-state index is 5.23. The van der Waals surface area contributed by atoms with E-state index in [9.17, 15) is 0 Å². The lowest BCUT2D eigenvalue weighted by Crippen LogP contribution is -2.30. The Morgan fingerprint density at radius 2 is 2.04 bits per heavy atom. The number of methoxy groups -OCH3 is 1. The SMILES string of the molecule is CCCCc1ncc(CN2CCc3nc(-c4ccc(OC)cc4)[nH]c3C2)[nH]1. The third-order valence-electron chi connectivity index (χ3n) is 5.12. The fraction of sp³-hybridized carbons (Fsp3) is 0.429. The Morgan fingerprint density at radius 3 is 2.81 bits per heavy atom. The first kappa shape index (κ1) is 17.8. The van der Waals surface area contributed by atoms with Gasteiger partial charge in [-0.3, -0.25) is 4.90 Å². The van der Waals surface area contributed by atoms with Crippen LogP contribution in [-0.4, -0.2) is 38.5 Å². The second-order valence-electron chi connectivity index (χ2n) is 7.16. The van der Waals surface area contributed by atoms with E-state index in [0.717, 1.165) is 55.4 Å². The van der Waals surface area contributed by atoms with Crippen LogP contribution in [0.4, 0.5) is 0 Å². The number of nitrogens with one attached hydrogen (secondary N) is 2. The standard InChI is InChI=1S/C21H27N5O/c1-3-4-5-20-22-12-16(23-20)13-26-11-10-18-19(14-26)25-21(24-18)15-6-8-17(27-2)9-7-15/h6-9,12H,3-5,10-11,13-14H2,1-2H3,(H,22,23)(H,24,25). The summed E-state index contributed by atoms with van der Waals surface area (Å²) in [6.07, 6.45) is 6.37. The molecular formula is C21H27N5O. The Labute approximate surface area is 160 Å². The van der Waals surface area contributed by atoms with Crippen LogP contribution in [0.1, 0.15) is 42.7 Å². The molecule has 1 aliphatic rings. The molecule has 0 radical (unpaired) electrons. The molecule has 0 fully saturated rings. The molecule has 0 unspecified atom stereocenters. The first-order valence-electron chi connectivity index (χ1n) is 9.72. The summed E-state index contributed by atoms with van der Waals surface area (Å²) in [4.78, 5) is 18.7. The van der Waals surface area contributed by atoms with Gasteiger partial charge in [-0.05, 0) is 30.7 Å². The third kappa shape index (κ3) is 4.06. The van der Waals surface area contributed by atoms with Gasteiger partial charge < -0.3 is 14.7 Å². The second-order valence-corrected chi connectivity index (χ2v) is 7.16. The van der Waals surface area contributed by atoms with Crippen molar-refractivity contribution in [3.63, 3.8) is 0 Å². The number of H-pyrrole nitrogens is 2. The van der Waals surface area contributed by atoms with Crippen LogP contribution in [0.3, 0.4) is 0 Å². The third-order valence-corrected chi connectivity index (χ3v) is 5.12. The van der Waals surface area contributed by atoms with Crippen molar-refractivity contribution in [1.29, 1.82) is 0 Å². The van der Waals surface area contributed by atoms with Gasteiger partial charge in [-0.15, -0.1) is 0 Å². The van der Waals surface area contributed by atoms with E-state index in [2.05, 4.69) is 26.8 Å². The average Bonchev–Trinajstić information content (AvgIpc) is 3.33. The lowest BCUT2D eigenvalue weighted by atomic mass is 10.1. The van der Waals surface area contributed by atoms with Crippen molar-refractivity contribution in [2.24, 2.45) is 0 Å². The van der Waals surface area contributed by atoms with E-state index in [4.69, 9.17) is 9.72 Å². The Morgan fingerprint density at radius 1 is 1.19 bits per heavy atom. The van der Waals surface area contributed by atoms with Crippen molar-refractivity contribution in [3.8, 4) is 17.1 Å². The second kappa shape index (κ2) is 7.96. The van der Waals surface area contributed by atoms with E-state index >= 15 is 0 Å². The Hall–Kier alpha value is -2.60. The number of hydrogen-bond donors (Lipinski definition) is 2. The molecule has 0 atom stereocenters. The minimum Gasteiger partial charge on any atom is -0.497 e. The maximum Gasteiger partial charge on any atom is 0.137 e. The van der Waals surface area contributed by atoms with Crippen LogP contribution in [0.15, 0.2) is 30.5 Å². The van der Waals surface area contributed by atoms with Gasteiger partial charge in [-0.25, -0.2) is 9.97 Å². The Balaban J connectivity index is 1.42. The molecule has 142 valence electrons. The number of imidazole rings is 2. The molecular weight excluding hydrogens is 338 g/mol. The number of benzene rings is 1. The molecule has 2 aromatic heterocycles. The number of aromatic amines is 2. The van der Waals surface area contributed by atoms with Crippen LogP contribution >= 0.6 is 0 Å². The van der Waals surface area contributed by atoms with Gasteiger partial charge >= 0.3 is 0 Å². The molecule has 0 amide bonds. The molecule has 2 N–H and O–H groups in total. The minimum absolute atomic E-state index is 0.860. The van der Waals surface area contributed by atoms with Gasteiger partial charge in [0, 0.05) is 49.9 Å². The molecule has 0 bridgehead atoms. The fourth-order valence-electron chi connectivity index (χ4n) is 3.57. The molecule has 0 aliphatic carbocycles. The van der Waals surface area contributed by atoms with Crippen LogP contribution in [-0.2, 0) is 25.9 Å². The highest BCUT2D eigenvalue weighted by Crippen LogP contribution is 2.25. The lowest BCUT2D eigenvalue weighted by Gasteiger charge is -2.25. The van der Waals surface area contributed by atoms with Gasteiger partial charge in [0.2, 0.25) is 0 Å². The van der Waals surface area contributed by atoms with Crippen LogP contribution < -0.4 is 4.74 Å². The molecule has 0 saturated heterocycles. The van der Waals surface area contributed by atoms with Crippen molar-refractivity contribution in [3.05, 3.63) is 53.4 Å². The highest BCUT2D eigenvalue weighted by molar-refractivity contribution is 5.57. The van der Waals surface area contributed by atoms with Gasteiger partial charge in [0.1, 0.15) is 17.4 Å². The summed E-state index contributed by atoms with van der Waals surface area (Å²) in [7, 11) is 1.68. The first-order valence-corrected chi connectivity index (χ1v) is 9.72. The highest BCUT2D eigenvalue weighted by atomic mass is 16.5. The molecule has 1 aliphatic heterocycles. The van der Waals surface area contributed by atoms with Crippen molar-refractivity contribution in [2.45, 2.75) is 45.7 Å². The highest BCUT2D eigenvalue weighted by Gasteiger charge is 2.21. The summed E-state index contributed by atoms with van der Waals surface area (Å²) in [5, 5.41) is 0. The summed E-state index contributed by atoms with van der Waals surface area (Å²) in [5.41, 5.74) is 4.69. The van der Waals surface area contributed by atoms with E-state index in [-0.39, 0.29) is 0 Å². The smallest absolute Gasteiger partial charge is 0.137 e. The van der Waals surface area contributed by atoms with Crippen LogP contribution in [0, 0.1) is 0 Å². The number of hydrogen-bond acceptors (Lipinski definition) is 4. The quantitative estimate of drug-likeness (QED) is 0.670. The fourth-order valence-corrected chi connectivity index (χ4v) is 3.57. The summed E-state index contributed by atoms with van der Waals surface area (Å²) in [6.45, 7) is 5.01. The molecule has 3 heterocycles. The Bertz CT molecular complexity index is 880. The van der Waals surface area contributed by atoms with E-state index < -0.39 is 0 Å². The van der Waals surface area contributed by atoms with Gasteiger partial charge in [0.05, 0.1) is 18.5 Å². The zero-order valence-electron chi connectivity index (χ0n) is 16.1. The molecule has 0 saturated carbocycles. The number of nitrogens with zero attached hydrogens (tertiary/aromatic N) is 3.